The van der Waals surface area contributed by atoms with Gasteiger partial charge in [0.05, 0.1) is 0 Å². The Labute approximate surface area is 174 Å². The first-order valence-electron chi connectivity index (χ1n) is 9.92. The zero-order valence-corrected chi connectivity index (χ0v) is 18.1. The quantitative estimate of drug-likeness (QED) is 0.699. The van der Waals surface area contributed by atoms with E-state index in [9.17, 15) is 9.59 Å². The summed E-state index contributed by atoms with van der Waals surface area (Å²) in [5.41, 5.74) is 3.00. The zero-order chi connectivity index (χ0) is 21.4. The third kappa shape index (κ3) is 7.26. The van der Waals surface area contributed by atoms with E-state index in [1.165, 1.54) is 16.0 Å². The largest absolute Gasteiger partial charge is 0.445 e. The van der Waals surface area contributed by atoms with Crippen LogP contribution < -0.4 is 0 Å². The van der Waals surface area contributed by atoms with E-state index in [2.05, 4.69) is 24.3 Å². The third-order valence-corrected chi connectivity index (χ3v) is 4.71. The highest BCUT2D eigenvalue weighted by atomic mass is 16.6. The van der Waals surface area contributed by atoms with Crippen molar-refractivity contribution < 1.29 is 14.3 Å². The fourth-order valence-electron chi connectivity index (χ4n) is 2.91. The summed E-state index contributed by atoms with van der Waals surface area (Å²) < 4.78 is 5.39. The summed E-state index contributed by atoms with van der Waals surface area (Å²) in [5.74, 6) is 0.0508. The Morgan fingerprint density at radius 2 is 1.31 bits per heavy atom. The van der Waals surface area contributed by atoms with Crippen molar-refractivity contribution in [2.45, 2.75) is 33.8 Å². The first kappa shape index (κ1) is 22.5. The summed E-state index contributed by atoms with van der Waals surface area (Å²) in [7, 11) is 3.43. The number of carbonyl (C=O) groups is 2. The standard InChI is InChI=1S/C24H32N2O3/c1-24(2,3)22(27)25(4)15-16-26(5)23(28)29-18-21-13-11-20(12-14-21)17-19-9-7-6-8-10-19/h6-14H,15-18H2,1-5H3. The highest BCUT2D eigenvalue weighted by Gasteiger charge is 2.25. The van der Waals surface area contributed by atoms with Crippen LogP contribution in [0.4, 0.5) is 4.79 Å². The molecule has 156 valence electrons. The minimum Gasteiger partial charge on any atom is -0.445 e. The van der Waals surface area contributed by atoms with E-state index in [0.29, 0.717) is 13.1 Å². The lowest BCUT2D eigenvalue weighted by Crippen LogP contribution is -2.41. The van der Waals surface area contributed by atoms with Crippen LogP contribution in [0.2, 0.25) is 0 Å². The molecule has 0 aliphatic heterocycles. The van der Waals surface area contributed by atoms with Crippen molar-refractivity contribution in [1.82, 2.24) is 9.80 Å². The predicted molar refractivity (Wildman–Crippen MR) is 116 cm³/mol. The van der Waals surface area contributed by atoms with Gasteiger partial charge in [-0.15, -0.1) is 0 Å². The molecule has 2 amide bonds. The number of benzene rings is 2. The molecule has 0 saturated carbocycles. The highest BCUT2D eigenvalue weighted by Crippen LogP contribution is 2.16. The molecule has 0 bridgehead atoms. The Kier molecular flexibility index (Phi) is 7.82. The summed E-state index contributed by atoms with van der Waals surface area (Å²) >= 11 is 0. The maximum atomic E-state index is 12.2. The molecule has 2 rings (SSSR count). The number of hydrogen-bond acceptors (Lipinski definition) is 3. The maximum Gasteiger partial charge on any atom is 0.409 e. The Bertz CT molecular complexity index is 795. The summed E-state index contributed by atoms with van der Waals surface area (Å²) in [4.78, 5) is 27.5. The van der Waals surface area contributed by atoms with Crippen molar-refractivity contribution in [2.75, 3.05) is 27.2 Å². The van der Waals surface area contributed by atoms with Gasteiger partial charge in [0, 0.05) is 32.6 Å². The molecule has 0 N–H and O–H groups in total. The fraction of sp³-hybridized carbons (Fsp3) is 0.417. The number of amides is 2. The van der Waals surface area contributed by atoms with Gasteiger partial charge < -0.3 is 14.5 Å². The van der Waals surface area contributed by atoms with Crippen LogP contribution >= 0.6 is 0 Å². The Morgan fingerprint density at radius 3 is 1.90 bits per heavy atom. The molecule has 0 aliphatic rings. The molecule has 0 fully saturated rings. The number of likely N-dealkylation sites (N-methyl/N-ethyl adjacent to an activating group) is 2. The van der Waals surface area contributed by atoms with Crippen LogP contribution in [0.1, 0.15) is 37.5 Å². The summed E-state index contributed by atoms with van der Waals surface area (Å²) in [6.07, 6.45) is 0.486. The first-order chi connectivity index (χ1) is 13.7. The number of hydrogen-bond donors (Lipinski definition) is 0. The molecule has 2 aromatic carbocycles. The van der Waals surface area contributed by atoms with Crippen LogP contribution in [0.3, 0.4) is 0 Å². The van der Waals surface area contributed by atoms with E-state index in [1.54, 1.807) is 19.0 Å². The Morgan fingerprint density at radius 1 is 0.793 bits per heavy atom. The zero-order valence-electron chi connectivity index (χ0n) is 18.1. The Balaban J connectivity index is 1.77. The van der Waals surface area contributed by atoms with Gasteiger partial charge in [-0.05, 0) is 23.1 Å². The summed E-state index contributed by atoms with van der Waals surface area (Å²) in [5, 5.41) is 0. The number of carbonyl (C=O) groups excluding carboxylic acids is 2. The minimum absolute atomic E-state index is 0.0508. The van der Waals surface area contributed by atoms with Crippen LogP contribution in [-0.2, 0) is 22.6 Å². The number of nitrogens with zero attached hydrogens (tertiary/aromatic N) is 2. The molecule has 0 spiro atoms. The monoisotopic (exact) mass is 396 g/mol. The van der Waals surface area contributed by atoms with Crippen molar-refractivity contribution in [3.8, 4) is 0 Å². The second-order valence-electron chi connectivity index (χ2n) is 8.43. The van der Waals surface area contributed by atoms with E-state index >= 15 is 0 Å². The van der Waals surface area contributed by atoms with Gasteiger partial charge in [0.15, 0.2) is 0 Å². The predicted octanol–water partition coefficient (Wildman–Crippen LogP) is 4.35. The minimum atomic E-state index is -0.430. The molecular weight excluding hydrogens is 364 g/mol. The molecule has 0 saturated heterocycles. The molecule has 0 atom stereocenters. The van der Waals surface area contributed by atoms with Crippen LogP contribution in [0, 0.1) is 5.41 Å². The van der Waals surface area contributed by atoms with Gasteiger partial charge in [0.25, 0.3) is 0 Å². The topological polar surface area (TPSA) is 49.9 Å². The molecule has 29 heavy (non-hydrogen) atoms. The molecule has 0 heterocycles. The van der Waals surface area contributed by atoms with E-state index in [0.717, 1.165) is 12.0 Å². The molecule has 5 nitrogen and oxygen atoms in total. The lowest BCUT2D eigenvalue weighted by atomic mass is 9.95. The molecule has 5 heteroatoms. The van der Waals surface area contributed by atoms with Gasteiger partial charge in [-0.1, -0.05) is 75.4 Å². The molecule has 0 unspecified atom stereocenters. The van der Waals surface area contributed by atoms with Crippen molar-refractivity contribution >= 4 is 12.0 Å². The smallest absolute Gasteiger partial charge is 0.409 e. The van der Waals surface area contributed by atoms with Gasteiger partial charge in [0.2, 0.25) is 5.91 Å². The van der Waals surface area contributed by atoms with Crippen molar-refractivity contribution in [3.63, 3.8) is 0 Å². The fourth-order valence-corrected chi connectivity index (χ4v) is 2.91. The van der Waals surface area contributed by atoms with Crippen LogP contribution in [-0.4, -0.2) is 49.0 Å². The van der Waals surface area contributed by atoms with Crippen LogP contribution in [0.25, 0.3) is 0 Å². The highest BCUT2D eigenvalue weighted by molar-refractivity contribution is 5.81. The SMILES string of the molecule is CN(CCN(C)C(=O)C(C)(C)C)C(=O)OCc1ccc(Cc2ccccc2)cc1. The second-order valence-corrected chi connectivity index (χ2v) is 8.43. The average molecular weight is 397 g/mol. The van der Waals surface area contributed by atoms with Crippen molar-refractivity contribution in [3.05, 3.63) is 71.3 Å². The van der Waals surface area contributed by atoms with E-state index in [-0.39, 0.29) is 12.5 Å². The van der Waals surface area contributed by atoms with Gasteiger partial charge in [0.1, 0.15) is 6.61 Å². The lowest BCUT2D eigenvalue weighted by molar-refractivity contribution is -0.138. The maximum absolute atomic E-state index is 12.2. The molecular formula is C24H32N2O3. The normalized spacial score (nSPS) is 11.1. The molecule has 0 radical (unpaired) electrons. The third-order valence-electron chi connectivity index (χ3n) is 4.71. The van der Waals surface area contributed by atoms with Gasteiger partial charge >= 0.3 is 6.09 Å². The van der Waals surface area contributed by atoms with E-state index in [4.69, 9.17) is 4.74 Å². The molecule has 0 aliphatic carbocycles. The molecule has 2 aromatic rings. The van der Waals surface area contributed by atoms with Crippen LogP contribution in [0.5, 0.6) is 0 Å². The van der Waals surface area contributed by atoms with Crippen molar-refractivity contribution in [1.29, 1.82) is 0 Å². The van der Waals surface area contributed by atoms with Gasteiger partial charge in [-0.25, -0.2) is 4.79 Å². The van der Waals surface area contributed by atoms with Crippen LogP contribution in [0.15, 0.2) is 54.6 Å². The second kappa shape index (κ2) is 10.1. The van der Waals surface area contributed by atoms with E-state index in [1.807, 2.05) is 51.1 Å². The lowest BCUT2D eigenvalue weighted by Gasteiger charge is -2.27. The Hall–Kier alpha value is -2.82. The van der Waals surface area contributed by atoms with Gasteiger partial charge in [-0.3, -0.25) is 4.79 Å². The number of rotatable bonds is 7. The summed E-state index contributed by atoms with van der Waals surface area (Å²) in [6, 6.07) is 18.4. The average Bonchev–Trinajstić information content (AvgIpc) is 2.70. The van der Waals surface area contributed by atoms with Gasteiger partial charge in [-0.2, -0.15) is 0 Å². The summed E-state index contributed by atoms with van der Waals surface area (Å²) in [6.45, 7) is 6.77. The first-order valence-corrected chi connectivity index (χ1v) is 9.92. The van der Waals surface area contributed by atoms with Crippen molar-refractivity contribution in [2.24, 2.45) is 5.41 Å². The number of ether oxygens (including phenoxy) is 1. The molecule has 0 aromatic heterocycles. The van der Waals surface area contributed by atoms with E-state index < -0.39 is 11.5 Å².